The molecule has 0 aliphatic carbocycles. The molecule has 23 heavy (non-hydrogen) atoms. The molecule has 2 saturated heterocycles. The van der Waals surface area contributed by atoms with Crippen LogP contribution in [0.25, 0.3) is 0 Å². The van der Waals surface area contributed by atoms with Gasteiger partial charge in [-0.05, 0) is 37.0 Å². The molecule has 1 unspecified atom stereocenters. The van der Waals surface area contributed by atoms with Crippen molar-refractivity contribution in [1.29, 1.82) is 0 Å². The Morgan fingerprint density at radius 3 is 2.78 bits per heavy atom. The van der Waals surface area contributed by atoms with Crippen molar-refractivity contribution in [2.45, 2.75) is 37.7 Å². The van der Waals surface area contributed by atoms with Gasteiger partial charge in [-0.3, -0.25) is 9.78 Å². The minimum absolute atomic E-state index is 0.177. The maximum absolute atomic E-state index is 12.4. The maximum atomic E-state index is 12.4. The predicted octanol–water partition coefficient (Wildman–Crippen LogP) is 1.85. The third-order valence-corrected chi connectivity index (χ3v) is 4.77. The lowest BCUT2D eigenvalue weighted by atomic mass is 9.95. The molecule has 1 atom stereocenters. The van der Waals surface area contributed by atoms with Gasteiger partial charge in [-0.2, -0.15) is 0 Å². The first-order valence-electron chi connectivity index (χ1n) is 8.19. The van der Waals surface area contributed by atoms with Gasteiger partial charge in [-0.25, -0.2) is 4.79 Å². The van der Waals surface area contributed by atoms with Crippen molar-refractivity contribution in [2.24, 2.45) is 0 Å². The fraction of sp³-hybridized carbons (Fsp3) is 0.588. The van der Waals surface area contributed by atoms with E-state index in [1.54, 1.807) is 24.3 Å². The predicted molar refractivity (Wildman–Crippen MR) is 84.8 cm³/mol. The maximum Gasteiger partial charge on any atom is 0.410 e. The summed E-state index contributed by atoms with van der Waals surface area (Å²) in [6, 6.07) is 3.89. The van der Waals surface area contributed by atoms with Crippen LogP contribution in [-0.4, -0.2) is 59.1 Å². The van der Waals surface area contributed by atoms with E-state index in [2.05, 4.69) is 4.98 Å². The molecule has 2 fully saturated rings. The summed E-state index contributed by atoms with van der Waals surface area (Å²) in [6.45, 7) is 2.04. The lowest BCUT2D eigenvalue weighted by molar-refractivity contribution is -0.131. The Morgan fingerprint density at radius 2 is 2.09 bits per heavy atom. The standard InChI is InChI=1S/C17H23N3O3/c1-19-13-17(23-16(19)22)7-2-11-20(12-8-17)15(21)4-3-14-5-9-18-10-6-14/h5-6,9-10H,2-4,7-8,11-13H2,1H3. The molecule has 0 aromatic carbocycles. The van der Waals surface area contributed by atoms with Crippen molar-refractivity contribution in [1.82, 2.24) is 14.8 Å². The highest BCUT2D eigenvalue weighted by molar-refractivity contribution is 5.76. The fourth-order valence-electron chi connectivity index (χ4n) is 3.43. The molecule has 2 aliphatic rings. The first-order chi connectivity index (χ1) is 11.1. The Bertz CT molecular complexity index is 578. The van der Waals surface area contributed by atoms with Gasteiger partial charge in [0.25, 0.3) is 0 Å². The van der Waals surface area contributed by atoms with Gasteiger partial charge >= 0.3 is 6.09 Å². The molecule has 124 valence electrons. The lowest BCUT2D eigenvalue weighted by Crippen LogP contribution is -2.36. The van der Waals surface area contributed by atoms with Gasteiger partial charge in [-0.1, -0.05) is 0 Å². The summed E-state index contributed by atoms with van der Waals surface area (Å²) in [5, 5.41) is 0. The summed E-state index contributed by atoms with van der Waals surface area (Å²) in [5.74, 6) is 0.177. The number of likely N-dealkylation sites (tertiary alicyclic amines) is 1. The number of ether oxygens (including phenoxy) is 1. The number of carbonyl (C=O) groups is 2. The molecule has 0 saturated carbocycles. The average molecular weight is 317 g/mol. The van der Waals surface area contributed by atoms with Gasteiger partial charge in [0.05, 0.1) is 6.54 Å². The minimum Gasteiger partial charge on any atom is -0.441 e. The van der Waals surface area contributed by atoms with Crippen LogP contribution < -0.4 is 0 Å². The van der Waals surface area contributed by atoms with Crippen LogP contribution in [0, 0.1) is 0 Å². The van der Waals surface area contributed by atoms with Gasteiger partial charge < -0.3 is 14.5 Å². The van der Waals surface area contributed by atoms with E-state index in [4.69, 9.17) is 4.74 Å². The molecule has 0 bridgehead atoms. The van der Waals surface area contributed by atoms with E-state index in [1.165, 1.54) is 0 Å². The van der Waals surface area contributed by atoms with Gasteiger partial charge in [0.2, 0.25) is 5.91 Å². The summed E-state index contributed by atoms with van der Waals surface area (Å²) in [4.78, 5) is 31.6. The largest absolute Gasteiger partial charge is 0.441 e. The summed E-state index contributed by atoms with van der Waals surface area (Å²) in [6.07, 6.45) is 6.93. The highest BCUT2D eigenvalue weighted by Crippen LogP contribution is 2.32. The number of rotatable bonds is 3. The smallest absolute Gasteiger partial charge is 0.410 e. The second-order valence-electron chi connectivity index (χ2n) is 6.50. The van der Waals surface area contributed by atoms with Crippen molar-refractivity contribution >= 4 is 12.0 Å². The third kappa shape index (κ3) is 3.63. The Hall–Kier alpha value is -2.11. The Morgan fingerprint density at radius 1 is 1.30 bits per heavy atom. The average Bonchev–Trinajstić information content (AvgIpc) is 2.72. The number of pyridine rings is 1. The monoisotopic (exact) mass is 317 g/mol. The number of amides is 2. The fourth-order valence-corrected chi connectivity index (χ4v) is 3.43. The minimum atomic E-state index is -0.397. The van der Waals surface area contributed by atoms with Gasteiger partial charge in [0.15, 0.2) is 0 Å². The summed E-state index contributed by atoms with van der Waals surface area (Å²) in [5.41, 5.74) is 0.734. The number of aromatic nitrogens is 1. The first-order valence-corrected chi connectivity index (χ1v) is 8.19. The van der Waals surface area contributed by atoms with Crippen LogP contribution in [-0.2, 0) is 16.0 Å². The topological polar surface area (TPSA) is 62.7 Å². The molecule has 1 aromatic rings. The van der Waals surface area contributed by atoms with E-state index >= 15 is 0 Å². The second-order valence-corrected chi connectivity index (χ2v) is 6.50. The molecule has 0 radical (unpaired) electrons. The highest BCUT2D eigenvalue weighted by Gasteiger charge is 2.44. The third-order valence-electron chi connectivity index (χ3n) is 4.77. The lowest BCUT2D eigenvalue weighted by Gasteiger charge is -2.25. The van der Waals surface area contributed by atoms with Gasteiger partial charge in [0.1, 0.15) is 5.60 Å². The van der Waals surface area contributed by atoms with Crippen molar-refractivity contribution in [2.75, 3.05) is 26.7 Å². The van der Waals surface area contributed by atoms with E-state index in [0.29, 0.717) is 19.5 Å². The number of likely N-dealkylation sites (N-methyl/N-ethyl adjacent to an activating group) is 1. The van der Waals surface area contributed by atoms with Crippen LogP contribution >= 0.6 is 0 Å². The molecule has 0 N–H and O–H groups in total. The quantitative estimate of drug-likeness (QED) is 0.853. The van der Waals surface area contributed by atoms with E-state index in [1.807, 2.05) is 17.0 Å². The van der Waals surface area contributed by atoms with Crippen molar-refractivity contribution < 1.29 is 14.3 Å². The van der Waals surface area contributed by atoms with Crippen LogP contribution in [0.15, 0.2) is 24.5 Å². The zero-order valence-corrected chi connectivity index (χ0v) is 13.5. The van der Waals surface area contributed by atoms with Gasteiger partial charge in [0, 0.05) is 45.4 Å². The van der Waals surface area contributed by atoms with Crippen molar-refractivity contribution in [3.63, 3.8) is 0 Å². The molecule has 3 rings (SSSR count). The SMILES string of the molecule is CN1CC2(CCCN(C(=O)CCc3ccncc3)CC2)OC1=O. The number of carbonyl (C=O) groups excluding carboxylic acids is 2. The van der Waals surface area contributed by atoms with E-state index < -0.39 is 5.60 Å². The molecule has 2 aliphatic heterocycles. The van der Waals surface area contributed by atoms with Crippen molar-refractivity contribution in [3.8, 4) is 0 Å². The zero-order valence-electron chi connectivity index (χ0n) is 13.5. The Labute approximate surface area is 136 Å². The number of nitrogens with zero attached hydrogens (tertiary/aromatic N) is 3. The summed E-state index contributed by atoms with van der Waals surface area (Å²) < 4.78 is 5.58. The normalized spacial score (nSPS) is 24.7. The molecule has 2 amide bonds. The molecule has 1 spiro atoms. The van der Waals surface area contributed by atoms with Crippen LogP contribution in [0.2, 0.25) is 0 Å². The second kappa shape index (κ2) is 6.56. The zero-order chi connectivity index (χ0) is 16.3. The molecular weight excluding hydrogens is 294 g/mol. The van der Waals surface area contributed by atoms with Crippen LogP contribution in [0.5, 0.6) is 0 Å². The molecule has 6 nitrogen and oxygen atoms in total. The number of hydrogen-bond acceptors (Lipinski definition) is 4. The number of aryl methyl sites for hydroxylation is 1. The van der Waals surface area contributed by atoms with Crippen LogP contribution in [0.4, 0.5) is 4.79 Å². The Balaban J connectivity index is 1.53. The van der Waals surface area contributed by atoms with Crippen LogP contribution in [0.3, 0.4) is 0 Å². The highest BCUT2D eigenvalue weighted by atomic mass is 16.6. The Kier molecular flexibility index (Phi) is 4.50. The van der Waals surface area contributed by atoms with Crippen LogP contribution in [0.1, 0.15) is 31.2 Å². The van der Waals surface area contributed by atoms with E-state index in [0.717, 1.165) is 37.8 Å². The molecule has 6 heteroatoms. The summed E-state index contributed by atoms with van der Waals surface area (Å²) in [7, 11) is 1.76. The number of hydrogen-bond donors (Lipinski definition) is 0. The first kappa shape index (κ1) is 15.8. The van der Waals surface area contributed by atoms with Crippen molar-refractivity contribution in [3.05, 3.63) is 30.1 Å². The summed E-state index contributed by atoms with van der Waals surface area (Å²) >= 11 is 0. The molecule has 3 heterocycles. The van der Waals surface area contributed by atoms with Gasteiger partial charge in [-0.15, -0.1) is 0 Å². The van der Waals surface area contributed by atoms with E-state index in [-0.39, 0.29) is 12.0 Å². The molecule has 1 aromatic heterocycles. The van der Waals surface area contributed by atoms with E-state index in [9.17, 15) is 9.59 Å². The molecular formula is C17H23N3O3.